The third-order valence-electron chi connectivity index (χ3n) is 3.12. The molecule has 120 valence electrons. The molecular formula is C18H30O3. The van der Waals surface area contributed by atoms with Gasteiger partial charge in [0.25, 0.3) is 0 Å². The Labute approximate surface area is 129 Å². The largest absolute Gasteiger partial charge is 0.481 e. The van der Waals surface area contributed by atoms with Crippen LogP contribution >= 0.6 is 0 Å². The number of carbonyl (C=O) groups is 1. The van der Waals surface area contributed by atoms with Gasteiger partial charge in [0.15, 0.2) is 0 Å². The van der Waals surface area contributed by atoms with Gasteiger partial charge >= 0.3 is 5.97 Å². The number of carboxylic acid groups (broad SMARTS) is 1. The van der Waals surface area contributed by atoms with E-state index in [1.807, 2.05) is 18.2 Å². The SMILES string of the molecule is CCCC=CCC=CC=CC(O)CCCCCCC(=O)O. The average molecular weight is 294 g/mol. The molecule has 0 fully saturated rings. The van der Waals surface area contributed by atoms with E-state index in [0.29, 0.717) is 0 Å². The van der Waals surface area contributed by atoms with E-state index in [2.05, 4.69) is 25.2 Å². The van der Waals surface area contributed by atoms with Crippen LogP contribution in [0.3, 0.4) is 0 Å². The summed E-state index contributed by atoms with van der Waals surface area (Å²) in [5.74, 6) is -0.728. The number of hydrogen-bond acceptors (Lipinski definition) is 2. The van der Waals surface area contributed by atoms with Gasteiger partial charge < -0.3 is 10.2 Å². The van der Waals surface area contributed by atoms with Crippen LogP contribution < -0.4 is 0 Å². The quantitative estimate of drug-likeness (QED) is 0.296. The first-order chi connectivity index (χ1) is 10.2. The number of aliphatic hydroxyl groups is 1. The maximum atomic E-state index is 10.3. The zero-order chi connectivity index (χ0) is 15.8. The molecule has 0 aromatic heterocycles. The zero-order valence-electron chi connectivity index (χ0n) is 13.2. The van der Waals surface area contributed by atoms with Crippen molar-refractivity contribution in [2.24, 2.45) is 0 Å². The highest BCUT2D eigenvalue weighted by Crippen LogP contribution is 2.08. The molecule has 1 atom stereocenters. The first-order valence-electron chi connectivity index (χ1n) is 8.05. The molecule has 0 aliphatic rings. The first-order valence-corrected chi connectivity index (χ1v) is 8.05. The fraction of sp³-hybridized carbons (Fsp3) is 0.611. The highest BCUT2D eigenvalue weighted by molar-refractivity contribution is 5.66. The van der Waals surface area contributed by atoms with Crippen LogP contribution in [-0.4, -0.2) is 22.3 Å². The van der Waals surface area contributed by atoms with E-state index >= 15 is 0 Å². The van der Waals surface area contributed by atoms with E-state index < -0.39 is 12.1 Å². The van der Waals surface area contributed by atoms with Crippen LogP contribution in [0.5, 0.6) is 0 Å². The van der Waals surface area contributed by atoms with Crippen molar-refractivity contribution in [3.63, 3.8) is 0 Å². The Balaban J connectivity index is 3.51. The summed E-state index contributed by atoms with van der Waals surface area (Å²) in [6.45, 7) is 2.16. The Morgan fingerprint density at radius 2 is 1.81 bits per heavy atom. The third-order valence-corrected chi connectivity index (χ3v) is 3.12. The topological polar surface area (TPSA) is 57.5 Å². The van der Waals surface area contributed by atoms with Gasteiger partial charge in [0.1, 0.15) is 0 Å². The molecule has 21 heavy (non-hydrogen) atoms. The predicted octanol–water partition coefficient (Wildman–Crippen LogP) is 4.63. The lowest BCUT2D eigenvalue weighted by Crippen LogP contribution is -2.01. The summed E-state index contributed by atoms with van der Waals surface area (Å²) < 4.78 is 0. The Bertz CT molecular complexity index is 329. The van der Waals surface area contributed by atoms with E-state index in [-0.39, 0.29) is 6.42 Å². The fourth-order valence-corrected chi connectivity index (χ4v) is 1.89. The molecule has 0 spiro atoms. The summed E-state index contributed by atoms with van der Waals surface area (Å²) in [5.41, 5.74) is 0. The van der Waals surface area contributed by atoms with E-state index in [1.54, 1.807) is 0 Å². The van der Waals surface area contributed by atoms with Crippen LogP contribution in [0.2, 0.25) is 0 Å². The van der Waals surface area contributed by atoms with Crippen molar-refractivity contribution in [3.05, 3.63) is 36.5 Å². The molecule has 0 bridgehead atoms. The van der Waals surface area contributed by atoms with Crippen molar-refractivity contribution in [3.8, 4) is 0 Å². The van der Waals surface area contributed by atoms with Gasteiger partial charge in [-0.15, -0.1) is 0 Å². The molecule has 0 aliphatic carbocycles. The van der Waals surface area contributed by atoms with Gasteiger partial charge in [-0.25, -0.2) is 0 Å². The molecule has 0 aliphatic heterocycles. The molecule has 3 heteroatoms. The average Bonchev–Trinajstić information content (AvgIpc) is 2.45. The summed E-state index contributed by atoms with van der Waals surface area (Å²) in [7, 11) is 0. The Hall–Kier alpha value is -1.35. The minimum Gasteiger partial charge on any atom is -0.481 e. The normalized spacial score (nSPS) is 13.6. The molecule has 2 N–H and O–H groups in total. The lowest BCUT2D eigenvalue weighted by Gasteiger charge is -2.04. The predicted molar refractivity (Wildman–Crippen MR) is 88.3 cm³/mol. The molecule has 3 nitrogen and oxygen atoms in total. The van der Waals surface area contributed by atoms with Gasteiger partial charge in [0.2, 0.25) is 0 Å². The lowest BCUT2D eigenvalue weighted by atomic mass is 10.1. The summed E-state index contributed by atoms with van der Waals surface area (Å²) in [6, 6.07) is 0. The fourth-order valence-electron chi connectivity index (χ4n) is 1.89. The molecule has 0 aromatic rings. The van der Waals surface area contributed by atoms with Crippen LogP contribution in [0.15, 0.2) is 36.5 Å². The first kappa shape index (κ1) is 19.7. The van der Waals surface area contributed by atoms with Crippen molar-refractivity contribution in [2.75, 3.05) is 0 Å². The molecule has 1 unspecified atom stereocenters. The molecule has 0 rings (SSSR count). The maximum Gasteiger partial charge on any atom is 0.303 e. The molecule has 0 saturated carbocycles. The van der Waals surface area contributed by atoms with Gasteiger partial charge in [-0.2, -0.15) is 0 Å². The van der Waals surface area contributed by atoms with Crippen LogP contribution in [0.25, 0.3) is 0 Å². The minimum absolute atomic E-state index is 0.250. The number of hydrogen-bond donors (Lipinski definition) is 2. The van der Waals surface area contributed by atoms with Gasteiger partial charge in [-0.3, -0.25) is 4.79 Å². The second-order valence-corrected chi connectivity index (χ2v) is 5.22. The van der Waals surface area contributed by atoms with E-state index in [9.17, 15) is 9.90 Å². The van der Waals surface area contributed by atoms with Crippen molar-refractivity contribution in [1.29, 1.82) is 0 Å². The molecular weight excluding hydrogens is 264 g/mol. The van der Waals surface area contributed by atoms with E-state index in [4.69, 9.17) is 5.11 Å². The zero-order valence-corrected chi connectivity index (χ0v) is 13.2. The number of rotatable bonds is 13. The van der Waals surface area contributed by atoms with Crippen LogP contribution in [0.4, 0.5) is 0 Å². The van der Waals surface area contributed by atoms with Crippen LogP contribution in [-0.2, 0) is 4.79 Å². The van der Waals surface area contributed by atoms with Crippen molar-refractivity contribution in [1.82, 2.24) is 0 Å². The molecule has 0 radical (unpaired) electrons. The molecule has 0 amide bonds. The van der Waals surface area contributed by atoms with Gasteiger partial charge in [0, 0.05) is 6.42 Å². The number of unbranched alkanes of at least 4 members (excludes halogenated alkanes) is 4. The number of aliphatic carboxylic acids is 1. The van der Waals surface area contributed by atoms with Gasteiger partial charge in [0.05, 0.1) is 6.10 Å². The molecule has 0 aromatic carbocycles. The highest BCUT2D eigenvalue weighted by Gasteiger charge is 1.99. The minimum atomic E-state index is -0.728. The summed E-state index contributed by atoms with van der Waals surface area (Å²) in [4.78, 5) is 10.3. The summed E-state index contributed by atoms with van der Waals surface area (Å²) in [6.07, 6.45) is 19.5. The Kier molecular flexibility index (Phi) is 14.1. The van der Waals surface area contributed by atoms with E-state index in [1.165, 1.54) is 6.42 Å². The summed E-state index contributed by atoms with van der Waals surface area (Å²) >= 11 is 0. The second kappa shape index (κ2) is 15.0. The summed E-state index contributed by atoms with van der Waals surface area (Å²) in [5, 5.41) is 18.2. The monoisotopic (exact) mass is 294 g/mol. The van der Waals surface area contributed by atoms with Crippen LogP contribution in [0.1, 0.15) is 64.7 Å². The molecule has 0 heterocycles. The van der Waals surface area contributed by atoms with Crippen LogP contribution in [0, 0.1) is 0 Å². The van der Waals surface area contributed by atoms with Gasteiger partial charge in [-0.05, 0) is 25.7 Å². The lowest BCUT2D eigenvalue weighted by molar-refractivity contribution is -0.137. The Morgan fingerprint density at radius 1 is 1.05 bits per heavy atom. The van der Waals surface area contributed by atoms with Crippen molar-refractivity contribution < 1.29 is 15.0 Å². The molecule has 0 saturated heterocycles. The second-order valence-electron chi connectivity index (χ2n) is 5.22. The number of aliphatic hydroxyl groups excluding tert-OH is 1. The third kappa shape index (κ3) is 16.6. The van der Waals surface area contributed by atoms with E-state index in [0.717, 1.165) is 44.9 Å². The number of carboxylic acids is 1. The van der Waals surface area contributed by atoms with Crippen molar-refractivity contribution in [2.45, 2.75) is 70.8 Å². The van der Waals surface area contributed by atoms with Crippen molar-refractivity contribution >= 4 is 5.97 Å². The Morgan fingerprint density at radius 3 is 2.52 bits per heavy atom. The highest BCUT2D eigenvalue weighted by atomic mass is 16.4. The number of allylic oxidation sites excluding steroid dienone is 5. The smallest absolute Gasteiger partial charge is 0.303 e. The standard InChI is InChI=1S/C18H30O3/c1-2-3-4-5-6-7-8-11-14-17(19)15-12-9-10-13-16-18(20)21/h4-5,7-8,11,14,17,19H,2-3,6,9-10,12-13,15-16H2,1H3,(H,20,21). The maximum absolute atomic E-state index is 10.3. The van der Waals surface area contributed by atoms with Gasteiger partial charge in [-0.1, -0.05) is 69.1 Å².